The molecular weight excluding hydrogens is 436 g/mol. The number of esters is 1. The molecule has 3 aromatic rings. The van der Waals surface area contributed by atoms with E-state index < -0.39 is 5.97 Å². The average Bonchev–Trinajstić information content (AvgIpc) is 2.86. The van der Waals surface area contributed by atoms with Crippen molar-refractivity contribution < 1.29 is 28.5 Å². The van der Waals surface area contributed by atoms with E-state index in [1.165, 1.54) is 6.21 Å². The van der Waals surface area contributed by atoms with E-state index in [4.69, 9.17) is 18.9 Å². The third-order valence-electron chi connectivity index (χ3n) is 4.60. The molecule has 0 aliphatic carbocycles. The van der Waals surface area contributed by atoms with Gasteiger partial charge in [-0.15, -0.1) is 0 Å². The molecule has 0 unspecified atom stereocenters. The van der Waals surface area contributed by atoms with E-state index >= 15 is 0 Å². The van der Waals surface area contributed by atoms with E-state index in [9.17, 15) is 9.59 Å². The first-order valence-corrected chi connectivity index (χ1v) is 10.7. The van der Waals surface area contributed by atoms with Crippen molar-refractivity contribution in [3.8, 4) is 23.0 Å². The molecule has 0 aromatic heterocycles. The molecule has 0 aliphatic rings. The van der Waals surface area contributed by atoms with Crippen LogP contribution in [0.15, 0.2) is 71.8 Å². The van der Waals surface area contributed by atoms with Gasteiger partial charge < -0.3 is 18.9 Å². The Bertz CT molecular complexity index is 1140. The van der Waals surface area contributed by atoms with E-state index in [2.05, 4.69) is 10.5 Å². The molecule has 0 saturated heterocycles. The minimum atomic E-state index is -0.521. The van der Waals surface area contributed by atoms with E-state index in [0.29, 0.717) is 47.2 Å². The number of carbonyl (C=O) groups excluding carboxylic acids is 2. The molecule has 3 rings (SSSR count). The average molecular weight is 463 g/mol. The zero-order valence-electron chi connectivity index (χ0n) is 19.2. The first-order chi connectivity index (χ1) is 16.5. The van der Waals surface area contributed by atoms with Gasteiger partial charge in [0.25, 0.3) is 5.91 Å². The van der Waals surface area contributed by atoms with Crippen molar-refractivity contribution in [2.24, 2.45) is 5.10 Å². The summed E-state index contributed by atoms with van der Waals surface area (Å²) < 4.78 is 21.6. The van der Waals surface area contributed by atoms with Crippen LogP contribution in [0.25, 0.3) is 0 Å². The number of hydrogen-bond acceptors (Lipinski definition) is 7. The molecular formula is C26H26N2O6. The van der Waals surface area contributed by atoms with Crippen molar-refractivity contribution in [3.05, 3.63) is 83.4 Å². The smallest absolute Gasteiger partial charge is 0.343 e. The monoisotopic (exact) mass is 462 g/mol. The standard InChI is InChI=1S/C26H26N2O6/c1-4-32-22-13-7-19(8-14-22)25(29)28-27-17-18-6-15-23(24(16-18)33-5-2)34-26(30)20-9-11-21(31-3)12-10-20/h6-17H,4-5H2,1-3H3,(H,28,29)/b27-17+. The molecule has 0 bridgehead atoms. The third-order valence-corrected chi connectivity index (χ3v) is 4.60. The van der Waals surface area contributed by atoms with Gasteiger partial charge in [-0.05, 0) is 86.1 Å². The molecule has 0 aliphatic heterocycles. The van der Waals surface area contributed by atoms with E-state index in [1.54, 1.807) is 73.8 Å². The zero-order valence-corrected chi connectivity index (χ0v) is 19.2. The fraction of sp³-hybridized carbons (Fsp3) is 0.192. The highest BCUT2D eigenvalue weighted by molar-refractivity contribution is 5.95. The van der Waals surface area contributed by atoms with Gasteiger partial charge >= 0.3 is 5.97 Å². The number of ether oxygens (including phenoxy) is 4. The molecule has 0 atom stereocenters. The van der Waals surface area contributed by atoms with Gasteiger partial charge in [0, 0.05) is 5.56 Å². The summed E-state index contributed by atoms with van der Waals surface area (Å²) in [4.78, 5) is 24.8. The molecule has 0 saturated carbocycles. The largest absolute Gasteiger partial charge is 0.497 e. The predicted molar refractivity (Wildman–Crippen MR) is 128 cm³/mol. The third kappa shape index (κ3) is 6.59. The zero-order chi connectivity index (χ0) is 24.3. The Morgan fingerprint density at radius 3 is 2.12 bits per heavy atom. The second-order valence-electron chi connectivity index (χ2n) is 6.91. The Morgan fingerprint density at radius 1 is 0.824 bits per heavy atom. The highest BCUT2D eigenvalue weighted by Crippen LogP contribution is 2.29. The molecule has 176 valence electrons. The highest BCUT2D eigenvalue weighted by Gasteiger charge is 2.13. The van der Waals surface area contributed by atoms with Crippen LogP contribution in [0.4, 0.5) is 0 Å². The van der Waals surface area contributed by atoms with Crippen molar-refractivity contribution in [2.75, 3.05) is 20.3 Å². The summed E-state index contributed by atoms with van der Waals surface area (Å²) in [5, 5.41) is 4.00. The van der Waals surface area contributed by atoms with Crippen LogP contribution >= 0.6 is 0 Å². The summed E-state index contributed by atoms with van der Waals surface area (Å²) in [5.41, 5.74) is 3.97. The summed E-state index contributed by atoms with van der Waals surface area (Å²) in [6.07, 6.45) is 1.48. The number of carbonyl (C=O) groups is 2. The Labute approximate surface area is 198 Å². The van der Waals surface area contributed by atoms with E-state index in [0.717, 1.165) is 0 Å². The van der Waals surface area contributed by atoms with Gasteiger partial charge in [-0.1, -0.05) is 0 Å². The normalized spacial score (nSPS) is 10.6. The molecule has 8 heteroatoms. The van der Waals surface area contributed by atoms with Gasteiger partial charge in [0.1, 0.15) is 11.5 Å². The van der Waals surface area contributed by atoms with Gasteiger partial charge in [-0.3, -0.25) is 4.79 Å². The molecule has 0 radical (unpaired) electrons. The second-order valence-corrected chi connectivity index (χ2v) is 6.91. The first-order valence-electron chi connectivity index (χ1n) is 10.7. The van der Waals surface area contributed by atoms with E-state index in [-0.39, 0.29) is 11.7 Å². The number of hydrogen-bond donors (Lipinski definition) is 1. The lowest BCUT2D eigenvalue weighted by Gasteiger charge is -2.11. The van der Waals surface area contributed by atoms with E-state index in [1.807, 2.05) is 13.8 Å². The summed E-state index contributed by atoms with van der Waals surface area (Å²) in [7, 11) is 1.55. The quantitative estimate of drug-likeness (QED) is 0.207. The predicted octanol–water partition coefficient (Wildman–Crippen LogP) is 4.48. The van der Waals surface area contributed by atoms with Crippen molar-refractivity contribution in [1.82, 2.24) is 5.43 Å². The van der Waals surface area contributed by atoms with Crippen LogP contribution < -0.4 is 24.4 Å². The summed E-state index contributed by atoms with van der Waals surface area (Å²) in [5.74, 6) is 1.12. The second kappa shape index (κ2) is 12.1. The fourth-order valence-corrected chi connectivity index (χ4v) is 2.94. The Morgan fingerprint density at radius 2 is 1.47 bits per heavy atom. The fourth-order valence-electron chi connectivity index (χ4n) is 2.94. The van der Waals surface area contributed by atoms with Crippen LogP contribution in [-0.2, 0) is 0 Å². The van der Waals surface area contributed by atoms with Gasteiger partial charge in [-0.25, -0.2) is 10.2 Å². The van der Waals surface area contributed by atoms with Crippen molar-refractivity contribution in [2.45, 2.75) is 13.8 Å². The van der Waals surface area contributed by atoms with Crippen LogP contribution in [0.5, 0.6) is 23.0 Å². The van der Waals surface area contributed by atoms with Crippen LogP contribution in [0.1, 0.15) is 40.1 Å². The number of methoxy groups -OCH3 is 1. The lowest BCUT2D eigenvalue weighted by atomic mass is 10.2. The van der Waals surface area contributed by atoms with Crippen LogP contribution in [0.3, 0.4) is 0 Å². The van der Waals surface area contributed by atoms with Gasteiger partial charge in [0.2, 0.25) is 0 Å². The van der Waals surface area contributed by atoms with Gasteiger partial charge in [0.15, 0.2) is 11.5 Å². The molecule has 1 N–H and O–H groups in total. The van der Waals surface area contributed by atoms with Gasteiger partial charge in [0.05, 0.1) is 32.1 Å². The van der Waals surface area contributed by atoms with Crippen LogP contribution in [0, 0.1) is 0 Å². The molecule has 1 amide bonds. The Balaban J connectivity index is 1.66. The van der Waals surface area contributed by atoms with Crippen LogP contribution in [0.2, 0.25) is 0 Å². The maximum atomic E-state index is 12.5. The summed E-state index contributed by atoms with van der Waals surface area (Å²) in [6.45, 7) is 4.65. The lowest BCUT2D eigenvalue weighted by molar-refractivity contribution is 0.0728. The molecule has 0 spiro atoms. The Hall–Kier alpha value is -4.33. The highest BCUT2D eigenvalue weighted by atomic mass is 16.6. The number of nitrogens with zero attached hydrogens (tertiary/aromatic N) is 1. The molecule has 0 heterocycles. The SMILES string of the molecule is CCOc1ccc(C(=O)N/N=C/c2ccc(OC(=O)c3ccc(OC)cc3)c(OCC)c2)cc1. The molecule has 0 fully saturated rings. The lowest BCUT2D eigenvalue weighted by Crippen LogP contribution is -2.17. The van der Waals surface area contributed by atoms with Crippen molar-refractivity contribution in [1.29, 1.82) is 0 Å². The number of benzene rings is 3. The summed E-state index contributed by atoms with van der Waals surface area (Å²) >= 11 is 0. The van der Waals surface area contributed by atoms with Crippen molar-refractivity contribution >= 4 is 18.1 Å². The Kier molecular flexibility index (Phi) is 8.62. The number of nitrogens with one attached hydrogen (secondary N) is 1. The molecule has 3 aromatic carbocycles. The maximum Gasteiger partial charge on any atom is 0.343 e. The number of amides is 1. The molecule has 34 heavy (non-hydrogen) atoms. The van der Waals surface area contributed by atoms with Crippen molar-refractivity contribution in [3.63, 3.8) is 0 Å². The topological polar surface area (TPSA) is 95.5 Å². The minimum absolute atomic E-state index is 0.276. The van der Waals surface area contributed by atoms with Gasteiger partial charge in [-0.2, -0.15) is 5.10 Å². The summed E-state index contributed by atoms with van der Waals surface area (Å²) in [6, 6.07) is 18.4. The number of hydrazone groups is 1. The minimum Gasteiger partial charge on any atom is -0.497 e. The maximum absolute atomic E-state index is 12.5. The first kappa shape index (κ1) is 24.3. The number of rotatable bonds is 10. The van der Waals surface area contributed by atoms with Crippen LogP contribution in [-0.4, -0.2) is 38.4 Å². The molecule has 8 nitrogen and oxygen atoms in total.